The number of rotatable bonds is 4. The Kier molecular flexibility index (Phi) is 4.46. The zero-order valence-corrected chi connectivity index (χ0v) is 11.4. The largest absolute Gasteiger partial charge is 0.310 e. The van der Waals surface area contributed by atoms with Crippen LogP contribution in [0.4, 0.5) is 0 Å². The van der Waals surface area contributed by atoms with E-state index in [1.54, 1.807) is 6.07 Å². The maximum atomic E-state index is 11.5. The molecule has 0 radical (unpaired) electrons. The third kappa shape index (κ3) is 4.69. The quantitative estimate of drug-likeness (QED) is 0.843. The van der Waals surface area contributed by atoms with Crippen LogP contribution in [0.25, 0.3) is 0 Å². The van der Waals surface area contributed by atoms with Crippen LogP contribution in [-0.2, 0) is 6.54 Å². The van der Waals surface area contributed by atoms with Crippen molar-refractivity contribution in [3.63, 3.8) is 0 Å². The lowest BCUT2D eigenvalue weighted by atomic mass is 10.1. The van der Waals surface area contributed by atoms with Crippen molar-refractivity contribution in [2.75, 3.05) is 0 Å². The van der Waals surface area contributed by atoms with Crippen molar-refractivity contribution in [1.29, 1.82) is 0 Å². The minimum Gasteiger partial charge on any atom is -0.310 e. The van der Waals surface area contributed by atoms with Gasteiger partial charge in [-0.15, -0.1) is 0 Å². The summed E-state index contributed by atoms with van der Waals surface area (Å²) in [5.41, 5.74) is 0.765. The first kappa shape index (κ1) is 13.9. The van der Waals surface area contributed by atoms with E-state index in [4.69, 9.17) is 0 Å². The Bertz CT molecular complexity index is 417. The normalized spacial score (nSPS) is 13.7. The Morgan fingerprint density at radius 3 is 2.65 bits per heavy atom. The molecule has 96 valence electrons. The summed E-state index contributed by atoms with van der Waals surface area (Å²) < 4.78 is 0. The third-order valence-electron chi connectivity index (χ3n) is 2.69. The second-order valence-corrected chi connectivity index (χ2v) is 5.53. The van der Waals surface area contributed by atoms with Gasteiger partial charge < -0.3 is 10.3 Å². The number of hydrogen-bond acceptors (Lipinski definition) is 3. The van der Waals surface area contributed by atoms with Gasteiger partial charge in [0.25, 0.3) is 5.56 Å². The summed E-state index contributed by atoms with van der Waals surface area (Å²) in [6, 6.07) is 1.56. The molecular weight excluding hydrogens is 214 g/mol. The molecule has 0 bridgehead atoms. The highest BCUT2D eigenvalue weighted by Gasteiger charge is 2.11. The molecule has 2 N–H and O–H groups in total. The van der Waals surface area contributed by atoms with Gasteiger partial charge in [0.15, 0.2) is 0 Å². The van der Waals surface area contributed by atoms with Crippen LogP contribution in [0.5, 0.6) is 0 Å². The average Bonchev–Trinajstić information content (AvgIpc) is 2.23. The first-order valence-corrected chi connectivity index (χ1v) is 6.17. The summed E-state index contributed by atoms with van der Waals surface area (Å²) in [6.07, 6.45) is 0.971. The van der Waals surface area contributed by atoms with Gasteiger partial charge in [-0.1, -0.05) is 13.8 Å². The number of nitrogens with one attached hydrogen (secondary N) is 2. The van der Waals surface area contributed by atoms with Crippen LogP contribution in [0.15, 0.2) is 10.9 Å². The lowest BCUT2D eigenvalue weighted by Crippen LogP contribution is -2.35. The van der Waals surface area contributed by atoms with Crippen LogP contribution >= 0.6 is 0 Å². The van der Waals surface area contributed by atoms with Gasteiger partial charge in [0.05, 0.1) is 5.69 Å². The Morgan fingerprint density at radius 2 is 2.12 bits per heavy atom. The minimum absolute atomic E-state index is 0.0286. The van der Waals surface area contributed by atoms with Crippen molar-refractivity contribution in [3.05, 3.63) is 27.9 Å². The molecule has 17 heavy (non-hydrogen) atoms. The predicted octanol–water partition coefficient (Wildman–Crippen LogP) is 2.17. The second kappa shape index (κ2) is 5.45. The molecule has 0 fully saturated rings. The minimum atomic E-state index is -0.0685. The zero-order chi connectivity index (χ0) is 13.1. The van der Waals surface area contributed by atoms with Gasteiger partial charge in [-0.05, 0) is 27.2 Å². The van der Waals surface area contributed by atoms with E-state index in [1.807, 2.05) is 0 Å². The lowest BCUT2D eigenvalue weighted by Gasteiger charge is -2.20. The van der Waals surface area contributed by atoms with Crippen molar-refractivity contribution >= 4 is 0 Å². The molecule has 0 aliphatic heterocycles. The highest BCUT2D eigenvalue weighted by atomic mass is 16.1. The number of hydrogen-bond donors (Lipinski definition) is 2. The molecule has 0 saturated carbocycles. The van der Waals surface area contributed by atoms with Gasteiger partial charge in [0.1, 0.15) is 5.82 Å². The molecular formula is C13H23N3O. The fourth-order valence-corrected chi connectivity index (χ4v) is 1.40. The monoisotopic (exact) mass is 237 g/mol. The second-order valence-electron chi connectivity index (χ2n) is 5.53. The SMILES string of the molecule is CCC(C)c1nc(CNC(C)(C)C)cc(=O)[nH]1. The fraction of sp³-hybridized carbons (Fsp3) is 0.692. The molecule has 0 aromatic carbocycles. The van der Waals surface area contributed by atoms with Gasteiger partial charge in [-0.2, -0.15) is 0 Å². The third-order valence-corrected chi connectivity index (χ3v) is 2.69. The molecule has 0 amide bonds. The molecule has 1 heterocycles. The Morgan fingerprint density at radius 1 is 1.47 bits per heavy atom. The smallest absolute Gasteiger partial charge is 0.251 e. The molecule has 4 heteroatoms. The van der Waals surface area contributed by atoms with Gasteiger partial charge in [-0.3, -0.25) is 4.79 Å². The predicted molar refractivity (Wildman–Crippen MR) is 70.2 cm³/mol. The molecule has 1 atom stereocenters. The summed E-state index contributed by atoms with van der Waals surface area (Å²) in [7, 11) is 0. The van der Waals surface area contributed by atoms with E-state index in [-0.39, 0.29) is 17.0 Å². The summed E-state index contributed by atoms with van der Waals surface area (Å²) in [5.74, 6) is 1.07. The molecule has 0 aliphatic carbocycles. The standard InChI is InChI=1S/C13H23N3O/c1-6-9(2)12-15-10(7-11(17)16-12)8-14-13(3,4)5/h7,9,14H,6,8H2,1-5H3,(H,15,16,17). The van der Waals surface area contributed by atoms with Gasteiger partial charge >= 0.3 is 0 Å². The van der Waals surface area contributed by atoms with Crippen LogP contribution in [-0.4, -0.2) is 15.5 Å². The van der Waals surface area contributed by atoms with Crippen LogP contribution in [0.1, 0.15) is 58.5 Å². The van der Waals surface area contributed by atoms with Crippen LogP contribution in [0.3, 0.4) is 0 Å². The van der Waals surface area contributed by atoms with Gasteiger partial charge in [0, 0.05) is 24.1 Å². The molecule has 1 aromatic heterocycles. The van der Waals surface area contributed by atoms with E-state index in [0.29, 0.717) is 6.54 Å². The number of H-pyrrole nitrogens is 1. The van der Waals surface area contributed by atoms with Crippen LogP contribution in [0, 0.1) is 0 Å². The lowest BCUT2D eigenvalue weighted by molar-refractivity contribution is 0.420. The maximum Gasteiger partial charge on any atom is 0.251 e. The topological polar surface area (TPSA) is 57.8 Å². The van der Waals surface area contributed by atoms with Crippen LogP contribution in [0.2, 0.25) is 0 Å². The van der Waals surface area contributed by atoms with Crippen molar-refractivity contribution in [1.82, 2.24) is 15.3 Å². The first-order valence-electron chi connectivity index (χ1n) is 6.17. The van der Waals surface area contributed by atoms with Crippen LogP contribution < -0.4 is 10.9 Å². The zero-order valence-electron chi connectivity index (χ0n) is 11.4. The summed E-state index contributed by atoms with van der Waals surface area (Å²) in [5, 5.41) is 3.33. The number of aromatic amines is 1. The van der Waals surface area contributed by atoms with E-state index in [1.165, 1.54) is 0 Å². The van der Waals surface area contributed by atoms with Crippen molar-refractivity contribution in [2.45, 2.75) is 59.0 Å². The Labute approximate surface area is 103 Å². The molecule has 0 spiro atoms. The Balaban J connectivity index is 2.86. The van der Waals surface area contributed by atoms with E-state index >= 15 is 0 Å². The van der Waals surface area contributed by atoms with E-state index in [0.717, 1.165) is 17.9 Å². The first-order chi connectivity index (χ1) is 7.81. The van der Waals surface area contributed by atoms with Gasteiger partial charge in [-0.25, -0.2) is 4.98 Å². The van der Waals surface area contributed by atoms with E-state index in [2.05, 4.69) is 49.9 Å². The molecule has 1 rings (SSSR count). The molecule has 0 aliphatic rings. The summed E-state index contributed by atoms with van der Waals surface area (Å²) >= 11 is 0. The summed E-state index contributed by atoms with van der Waals surface area (Å²) in [4.78, 5) is 18.8. The number of aromatic nitrogens is 2. The fourth-order valence-electron chi connectivity index (χ4n) is 1.40. The van der Waals surface area contributed by atoms with Crippen molar-refractivity contribution in [3.8, 4) is 0 Å². The Hall–Kier alpha value is -1.16. The van der Waals surface area contributed by atoms with E-state index < -0.39 is 0 Å². The summed E-state index contributed by atoms with van der Waals surface area (Å²) in [6.45, 7) is 11.1. The molecule has 4 nitrogen and oxygen atoms in total. The molecule has 0 saturated heterocycles. The maximum absolute atomic E-state index is 11.5. The highest BCUT2D eigenvalue weighted by molar-refractivity contribution is 5.05. The average molecular weight is 237 g/mol. The highest BCUT2D eigenvalue weighted by Crippen LogP contribution is 2.12. The van der Waals surface area contributed by atoms with E-state index in [9.17, 15) is 4.79 Å². The van der Waals surface area contributed by atoms with Crippen molar-refractivity contribution < 1.29 is 0 Å². The van der Waals surface area contributed by atoms with Gasteiger partial charge in [0.2, 0.25) is 0 Å². The number of nitrogens with zero attached hydrogens (tertiary/aromatic N) is 1. The molecule has 1 aromatic rings. The molecule has 1 unspecified atom stereocenters. The van der Waals surface area contributed by atoms with Crippen molar-refractivity contribution in [2.24, 2.45) is 0 Å².